The molecule has 2 aromatic carbocycles. The molecule has 1 amide bonds. The molecule has 1 aromatic heterocycles. The minimum atomic E-state index is -0.0278. The quantitative estimate of drug-likeness (QED) is 0.540. The predicted octanol–water partition coefficient (Wildman–Crippen LogP) is 4.97. The van der Waals surface area contributed by atoms with Crippen molar-refractivity contribution in [2.45, 2.75) is 33.0 Å². The molecule has 1 heterocycles. The van der Waals surface area contributed by atoms with Crippen molar-refractivity contribution in [2.24, 2.45) is 0 Å². The van der Waals surface area contributed by atoms with Gasteiger partial charge in [0.2, 0.25) is 5.91 Å². The van der Waals surface area contributed by atoms with Gasteiger partial charge in [0.1, 0.15) is 18.1 Å². The van der Waals surface area contributed by atoms with E-state index >= 15 is 0 Å². The zero-order valence-electron chi connectivity index (χ0n) is 16.0. The Bertz CT molecular complexity index is 874. The number of para-hydroxylation sites is 1. The molecule has 0 unspecified atom stereocenters. The van der Waals surface area contributed by atoms with Crippen LogP contribution < -0.4 is 10.1 Å². The number of hydrogen-bond acceptors (Lipinski definition) is 4. The molecule has 0 radical (unpaired) electrons. The van der Waals surface area contributed by atoms with Gasteiger partial charge >= 0.3 is 0 Å². The van der Waals surface area contributed by atoms with E-state index in [-0.39, 0.29) is 5.91 Å². The second-order valence-corrected chi connectivity index (χ2v) is 6.36. The fraction of sp³-hybridized carbons (Fsp3) is 0.261. The molecule has 0 spiro atoms. The van der Waals surface area contributed by atoms with Crippen LogP contribution in [0.2, 0.25) is 0 Å². The fourth-order valence-corrected chi connectivity index (χ4v) is 2.88. The summed E-state index contributed by atoms with van der Waals surface area (Å²) in [7, 11) is 0. The highest BCUT2D eigenvalue weighted by molar-refractivity contribution is 5.90. The lowest BCUT2D eigenvalue weighted by Crippen LogP contribution is -2.13. The van der Waals surface area contributed by atoms with Crippen LogP contribution >= 0.6 is 0 Å². The maximum Gasteiger partial charge on any atom is 0.224 e. The first-order valence-electron chi connectivity index (χ1n) is 9.44. The lowest BCUT2D eigenvalue weighted by atomic mass is 10.1. The number of amides is 1. The molecule has 3 aromatic rings. The molecule has 0 aliphatic rings. The number of anilines is 1. The number of hydrogen-bond donors (Lipinski definition) is 1. The zero-order valence-corrected chi connectivity index (χ0v) is 16.0. The van der Waals surface area contributed by atoms with Crippen molar-refractivity contribution in [3.63, 3.8) is 0 Å². The number of nitrogens with one attached hydrogen (secondary N) is 1. The van der Waals surface area contributed by atoms with Gasteiger partial charge in [-0.15, -0.1) is 0 Å². The third-order valence-electron chi connectivity index (χ3n) is 4.20. The lowest BCUT2D eigenvalue weighted by Gasteiger charge is -2.11. The van der Waals surface area contributed by atoms with Crippen molar-refractivity contribution in [3.8, 4) is 5.75 Å². The molecule has 28 heavy (non-hydrogen) atoms. The third-order valence-corrected chi connectivity index (χ3v) is 4.20. The Hall–Kier alpha value is -3.05. The van der Waals surface area contributed by atoms with Crippen molar-refractivity contribution >= 4 is 11.6 Å². The number of carbonyl (C=O) groups excluding carboxylic acids is 1. The lowest BCUT2D eigenvalue weighted by molar-refractivity contribution is -0.116. The molecule has 0 saturated carbocycles. The van der Waals surface area contributed by atoms with Crippen molar-refractivity contribution in [2.75, 3.05) is 11.9 Å². The minimum Gasteiger partial charge on any atom is -0.494 e. The Morgan fingerprint density at radius 3 is 2.75 bits per heavy atom. The van der Waals surface area contributed by atoms with Crippen molar-refractivity contribution in [3.05, 3.63) is 83.8 Å². The van der Waals surface area contributed by atoms with Gasteiger partial charge in [0, 0.05) is 12.1 Å². The summed E-state index contributed by atoms with van der Waals surface area (Å²) in [5.41, 5.74) is 2.80. The van der Waals surface area contributed by atoms with E-state index in [2.05, 4.69) is 5.32 Å². The summed E-state index contributed by atoms with van der Waals surface area (Å²) in [6, 6.07) is 19.2. The monoisotopic (exact) mass is 379 g/mol. The van der Waals surface area contributed by atoms with Gasteiger partial charge in [-0.2, -0.15) is 0 Å². The first kappa shape index (κ1) is 19.7. The molecule has 5 heteroatoms. The summed E-state index contributed by atoms with van der Waals surface area (Å²) >= 11 is 0. The summed E-state index contributed by atoms with van der Waals surface area (Å²) in [5.74, 6) is 1.60. The van der Waals surface area contributed by atoms with Crippen molar-refractivity contribution in [1.29, 1.82) is 0 Å². The molecule has 146 valence electrons. The van der Waals surface area contributed by atoms with E-state index in [0.29, 0.717) is 32.7 Å². The molecular formula is C23H25NO4. The molecule has 3 rings (SSSR count). The highest BCUT2D eigenvalue weighted by Gasteiger charge is 2.08. The molecule has 0 aliphatic carbocycles. The highest BCUT2D eigenvalue weighted by Crippen LogP contribution is 2.20. The van der Waals surface area contributed by atoms with Crippen LogP contribution in [0.4, 0.5) is 5.69 Å². The Kier molecular flexibility index (Phi) is 7.27. The van der Waals surface area contributed by atoms with Crippen LogP contribution in [-0.4, -0.2) is 12.5 Å². The number of benzene rings is 2. The number of furan rings is 1. The minimum absolute atomic E-state index is 0.0278. The second-order valence-electron chi connectivity index (χ2n) is 6.36. The topological polar surface area (TPSA) is 60.7 Å². The maximum atomic E-state index is 12.3. The average molecular weight is 379 g/mol. The first-order valence-corrected chi connectivity index (χ1v) is 9.44. The molecule has 1 N–H and O–H groups in total. The average Bonchev–Trinajstić information content (AvgIpc) is 3.21. The SMILES string of the molecule is CCOc1ccccc1CCC(=O)Nc1cccc(COCc2ccco2)c1. The van der Waals surface area contributed by atoms with Crippen LogP contribution in [0.15, 0.2) is 71.3 Å². The smallest absolute Gasteiger partial charge is 0.224 e. The summed E-state index contributed by atoms with van der Waals surface area (Å²) in [4.78, 5) is 12.3. The number of rotatable bonds is 10. The molecule has 5 nitrogen and oxygen atoms in total. The molecule has 0 saturated heterocycles. The van der Waals surface area contributed by atoms with E-state index in [1.54, 1.807) is 6.26 Å². The van der Waals surface area contributed by atoms with Gasteiger partial charge in [0.15, 0.2) is 0 Å². The Labute approximate surface area is 165 Å². The fourth-order valence-electron chi connectivity index (χ4n) is 2.88. The van der Waals surface area contributed by atoms with Crippen LogP contribution in [0.25, 0.3) is 0 Å². The molecule has 0 atom stereocenters. The third kappa shape index (κ3) is 5.99. The maximum absolute atomic E-state index is 12.3. The van der Waals surface area contributed by atoms with Crippen molar-refractivity contribution in [1.82, 2.24) is 0 Å². The van der Waals surface area contributed by atoms with E-state index in [1.807, 2.05) is 67.6 Å². The van der Waals surface area contributed by atoms with E-state index in [0.717, 1.165) is 28.3 Å². The van der Waals surface area contributed by atoms with Crippen LogP contribution in [0.3, 0.4) is 0 Å². The number of aryl methyl sites for hydroxylation is 1. The Morgan fingerprint density at radius 1 is 1.04 bits per heavy atom. The van der Waals surface area contributed by atoms with Gasteiger partial charge in [0.05, 0.1) is 19.5 Å². The standard InChI is InChI=1S/C23H25NO4/c1-2-27-22-11-4-3-8-19(22)12-13-23(25)24-20-9-5-7-18(15-20)16-26-17-21-10-6-14-28-21/h3-11,14-15H,2,12-13,16-17H2,1H3,(H,24,25). The number of carbonyl (C=O) groups is 1. The zero-order chi connectivity index (χ0) is 19.6. The summed E-state index contributed by atoms with van der Waals surface area (Å²) in [5, 5.41) is 2.95. The van der Waals surface area contributed by atoms with Gasteiger partial charge in [-0.25, -0.2) is 0 Å². The van der Waals surface area contributed by atoms with E-state index < -0.39 is 0 Å². The largest absolute Gasteiger partial charge is 0.494 e. The van der Waals surface area contributed by atoms with Crippen LogP contribution in [0.1, 0.15) is 30.2 Å². The summed E-state index contributed by atoms with van der Waals surface area (Å²) in [6.45, 7) is 3.43. The van der Waals surface area contributed by atoms with E-state index in [9.17, 15) is 4.79 Å². The predicted molar refractivity (Wildman–Crippen MR) is 108 cm³/mol. The van der Waals surface area contributed by atoms with Crippen LogP contribution in [-0.2, 0) is 29.2 Å². The van der Waals surface area contributed by atoms with Gasteiger partial charge in [-0.3, -0.25) is 4.79 Å². The first-order chi connectivity index (χ1) is 13.7. The summed E-state index contributed by atoms with van der Waals surface area (Å²) in [6.07, 6.45) is 2.65. The second kappa shape index (κ2) is 10.3. The molecule has 0 aliphatic heterocycles. The van der Waals surface area contributed by atoms with Crippen LogP contribution in [0, 0.1) is 0 Å². The highest BCUT2D eigenvalue weighted by atomic mass is 16.5. The Morgan fingerprint density at radius 2 is 1.93 bits per heavy atom. The van der Waals surface area contributed by atoms with E-state index in [4.69, 9.17) is 13.9 Å². The van der Waals surface area contributed by atoms with Crippen LogP contribution in [0.5, 0.6) is 5.75 Å². The van der Waals surface area contributed by atoms with Gasteiger partial charge in [-0.1, -0.05) is 30.3 Å². The normalized spacial score (nSPS) is 10.6. The van der Waals surface area contributed by atoms with Gasteiger partial charge in [0.25, 0.3) is 0 Å². The Balaban J connectivity index is 1.48. The van der Waals surface area contributed by atoms with E-state index in [1.165, 1.54) is 0 Å². The molecule has 0 bridgehead atoms. The van der Waals surface area contributed by atoms with Gasteiger partial charge < -0.3 is 19.2 Å². The number of ether oxygens (including phenoxy) is 2. The van der Waals surface area contributed by atoms with Gasteiger partial charge in [-0.05, 0) is 54.8 Å². The molecule has 0 fully saturated rings. The summed E-state index contributed by atoms with van der Waals surface area (Å²) < 4.78 is 16.5. The molecular weight excluding hydrogens is 354 g/mol. The van der Waals surface area contributed by atoms with Crippen molar-refractivity contribution < 1.29 is 18.7 Å².